The molecule has 0 aromatic heterocycles. The van der Waals surface area contributed by atoms with Gasteiger partial charge in [0.05, 0.1) is 9.79 Å². The summed E-state index contributed by atoms with van der Waals surface area (Å²) < 4.78 is 58.5. The lowest BCUT2D eigenvalue weighted by Crippen LogP contribution is -2.54. The Morgan fingerprint density at radius 2 is 1.51 bits per heavy atom. The van der Waals surface area contributed by atoms with Crippen LogP contribution in [0.2, 0.25) is 0 Å². The Hall–Kier alpha value is -5.16. The zero-order chi connectivity index (χ0) is 37.2. The highest BCUT2D eigenvalue weighted by Crippen LogP contribution is 2.19. The first kappa shape index (κ1) is 38.6. The number of hydrogen-bond acceptors (Lipinski definition) is 8. The van der Waals surface area contributed by atoms with Crippen LogP contribution in [-0.4, -0.2) is 82.1 Å². The number of hydrogen-bond donors (Lipinski definition) is 6. The van der Waals surface area contributed by atoms with E-state index in [1.54, 1.807) is 53.4 Å². The maximum absolute atomic E-state index is 13.3. The van der Waals surface area contributed by atoms with Crippen LogP contribution in [0.15, 0.2) is 107 Å². The molecule has 5 rings (SSSR count). The largest absolute Gasteiger partial charge is 0.370 e. The van der Waals surface area contributed by atoms with E-state index in [0.29, 0.717) is 18.5 Å². The van der Waals surface area contributed by atoms with Crippen LogP contribution in [0.4, 0.5) is 0 Å². The number of guanidine groups is 1. The van der Waals surface area contributed by atoms with Crippen LogP contribution in [0.25, 0.3) is 10.8 Å². The van der Waals surface area contributed by atoms with Gasteiger partial charge in [-0.1, -0.05) is 78.4 Å². The standard InChI is InChI=1S/C28H32N6O5S.C7H8O3S/c29-28(30)34-14-6-7-19(18-34)16-31-26(36)24(17-32-27(37)25(35)21-9-2-1-3-10-21)33-40(38,39)23-13-12-20-8-4-5-11-22(20)15-23;1-6-2-4-7(5-3-6)11(8,9)10/h1-5,8-13,15,19,24,33H,6-7,14,16-18H2,(H3,29,30)(H,31,36)(H,32,37);2-5H,1H3,(H,8,9,10)/t19-,24+;/m0./s1. The highest BCUT2D eigenvalue weighted by Gasteiger charge is 2.29. The van der Waals surface area contributed by atoms with Crippen LogP contribution in [-0.2, 0) is 29.7 Å². The van der Waals surface area contributed by atoms with Crippen LogP contribution in [0.5, 0.6) is 0 Å². The number of rotatable bonds is 11. The number of amides is 2. The Balaban J connectivity index is 0.000000452. The minimum atomic E-state index is -4.18. The van der Waals surface area contributed by atoms with Crippen molar-refractivity contribution in [3.05, 3.63) is 108 Å². The summed E-state index contributed by atoms with van der Waals surface area (Å²) in [6, 6.07) is 24.4. The van der Waals surface area contributed by atoms with Crippen molar-refractivity contribution in [2.75, 3.05) is 26.2 Å². The molecule has 0 bridgehead atoms. The zero-order valence-corrected chi connectivity index (χ0v) is 29.4. The summed E-state index contributed by atoms with van der Waals surface area (Å²) in [4.78, 5) is 39.9. The quantitative estimate of drug-likeness (QED) is 0.0433. The molecule has 1 heterocycles. The monoisotopic (exact) mass is 736 g/mol. The normalized spacial score (nSPS) is 15.2. The van der Waals surface area contributed by atoms with Gasteiger partial charge in [0.15, 0.2) is 5.96 Å². The minimum Gasteiger partial charge on any atom is -0.370 e. The fraction of sp³-hybridized carbons (Fsp3) is 0.257. The third-order valence-electron chi connectivity index (χ3n) is 8.10. The summed E-state index contributed by atoms with van der Waals surface area (Å²) in [5.41, 5.74) is 6.73. The summed E-state index contributed by atoms with van der Waals surface area (Å²) in [6.07, 6.45) is 1.61. The predicted molar refractivity (Wildman–Crippen MR) is 192 cm³/mol. The summed E-state index contributed by atoms with van der Waals surface area (Å²) >= 11 is 0. The Labute approximate surface area is 296 Å². The zero-order valence-electron chi connectivity index (χ0n) is 27.8. The van der Waals surface area contributed by atoms with E-state index in [0.717, 1.165) is 23.8 Å². The number of Topliss-reactive ketones (excluding diaryl/α,β-unsaturated/α-hetero) is 1. The van der Waals surface area contributed by atoms with Gasteiger partial charge in [-0.25, -0.2) is 8.42 Å². The van der Waals surface area contributed by atoms with E-state index in [4.69, 9.17) is 15.7 Å². The molecular weight excluding hydrogens is 697 g/mol. The lowest BCUT2D eigenvalue weighted by molar-refractivity contribution is -0.123. The third kappa shape index (κ3) is 11.2. The minimum absolute atomic E-state index is 0.00796. The van der Waals surface area contributed by atoms with Gasteiger partial charge in [0.2, 0.25) is 21.7 Å². The second-order valence-corrected chi connectivity index (χ2v) is 15.1. The number of nitrogens with two attached hydrogens (primary N) is 1. The van der Waals surface area contributed by atoms with E-state index in [2.05, 4.69) is 15.4 Å². The molecule has 1 aliphatic heterocycles. The van der Waals surface area contributed by atoms with Crippen LogP contribution >= 0.6 is 0 Å². The van der Waals surface area contributed by atoms with Crippen molar-refractivity contribution in [2.24, 2.45) is 11.7 Å². The van der Waals surface area contributed by atoms with Gasteiger partial charge < -0.3 is 21.3 Å². The number of piperidine rings is 1. The number of aryl methyl sites for hydroxylation is 1. The molecule has 0 radical (unpaired) electrons. The first-order valence-corrected chi connectivity index (χ1v) is 18.9. The number of carbonyl (C=O) groups excluding carboxylic acids is 3. The maximum atomic E-state index is 13.3. The molecule has 4 aromatic rings. The molecule has 1 saturated heterocycles. The highest BCUT2D eigenvalue weighted by molar-refractivity contribution is 7.89. The number of ketones is 1. The third-order valence-corrected chi connectivity index (χ3v) is 10.4. The molecule has 16 heteroatoms. The number of nitrogens with zero attached hydrogens (tertiary/aromatic N) is 1. The Morgan fingerprint density at radius 3 is 2.16 bits per heavy atom. The number of sulfonamides is 1. The molecule has 0 unspecified atom stereocenters. The van der Waals surface area contributed by atoms with Crippen molar-refractivity contribution >= 4 is 54.5 Å². The van der Waals surface area contributed by atoms with Crippen molar-refractivity contribution in [1.29, 1.82) is 5.41 Å². The Kier molecular flexibility index (Phi) is 13.0. The van der Waals surface area contributed by atoms with Crippen molar-refractivity contribution in [2.45, 2.75) is 35.6 Å². The molecule has 1 fully saturated rings. The molecule has 14 nitrogen and oxygen atoms in total. The van der Waals surface area contributed by atoms with Crippen LogP contribution in [0.1, 0.15) is 28.8 Å². The van der Waals surface area contributed by atoms with E-state index >= 15 is 0 Å². The molecule has 2 amide bonds. The van der Waals surface area contributed by atoms with Gasteiger partial charge >= 0.3 is 0 Å². The van der Waals surface area contributed by atoms with E-state index in [9.17, 15) is 31.2 Å². The average Bonchev–Trinajstić information content (AvgIpc) is 3.12. The molecule has 2 atom stereocenters. The first-order chi connectivity index (χ1) is 24.1. The van der Waals surface area contributed by atoms with Crippen LogP contribution in [0.3, 0.4) is 0 Å². The van der Waals surface area contributed by atoms with E-state index in [1.165, 1.54) is 36.4 Å². The fourth-order valence-corrected chi connectivity index (χ4v) is 7.01. The van der Waals surface area contributed by atoms with Crippen molar-refractivity contribution in [3.8, 4) is 0 Å². The molecule has 4 aromatic carbocycles. The number of fused-ring (bicyclic) bond motifs is 1. The van der Waals surface area contributed by atoms with Gasteiger partial charge in [-0.05, 0) is 60.7 Å². The van der Waals surface area contributed by atoms with Gasteiger partial charge in [-0.2, -0.15) is 13.1 Å². The molecular formula is C35H40N6O8S2. The second kappa shape index (κ2) is 17.2. The van der Waals surface area contributed by atoms with Crippen molar-refractivity contribution < 1.29 is 35.8 Å². The fourth-order valence-electron chi connectivity index (χ4n) is 5.30. The van der Waals surface area contributed by atoms with E-state index in [1.807, 2.05) is 19.1 Å². The summed E-state index contributed by atoms with van der Waals surface area (Å²) in [7, 11) is -8.20. The predicted octanol–water partition coefficient (Wildman–Crippen LogP) is 2.45. The first-order valence-electron chi connectivity index (χ1n) is 15.9. The van der Waals surface area contributed by atoms with Gasteiger partial charge in [0.1, 0.15) is 6.04 Å². The number of nitrogens with one attached hydrogen (secondary N) is 4. The summed E-state index contributed by atoms with van der Waals surface area (Å²) in [6.45, 7) is 2.78. The Bertz CT molecular complexity index is 2090. The molecule has 0 saturated carbocycles. The smallest absolute Gasteiger partial charge is 0.294 e. The SMILES string of the molecule is Cc1ccc(S(=O)(=O)O)cc1.N=C(N)N1CCC[C@@H](CNC(=O)[C@@H](CNC(=O)C(=O)c2ccccc2)NS(=O)(=O)c2ccc3ccccc3c2)C1. The Morgan fingerprint density at radius 1 is 0.882 bits per heavy atom. The molecule has 1 aliphatic rings. The topological polar surface area (TPSA) is 229 Å². The number of likely N-dealkylation sites (tertiary alicyclic amines) is 1. The highest BCUT2D eigenvalue weighted by atomic mass is 32.2. The molecule has 0 spiro atoms. The molecule has 51 heavy (non-hydrogen) atoms. The van der Waals surface area contributed by atoms with Crippen molar-refractivity contribution in [1.82, 2.24) is 20.3 Å². The summed E-state index contributed by atoms with van der Waals surface area (Å²) in [5.74, 6) is -2.45. The number of benzene rings is 4. The molecule has 270 valence electrons. The van der Waals surface area contributed by atoms with Crippen LogP contribution in [0, 0.1) is 18.3 Å². The average molecular weight is 737 g/mol. The lowest BCUT2D eigenvalue weighted by atomic mass is 9.98. The summed E-state index contributed by atoms with van der Waals surface area (Å²) in [5, 5.41) is 14.4. The van der Waals surface area contributed by atoms with E-state index in [-0.39, 0.29) is 33.8 Å². The second-order valence-electron chi connectivity index (χ2n) is 12.0. The van der Waals surface area contributed by atoms with Gasteiger partial charge in [-0.3, -0.25) is 24.3 Å². The molecule has 0 aliphatic carbocycles. The van der Waals surface area contributed by atoms with Crippen LogP contribution < -0.4 is 21.1 Å². The number of carbonyl (C=O) groups is 3. The van der Waals surface area contributed by atoms with Gasteiger partial charge in [-0.15, -0.1) is 0 Å². The maximum Gasteiger partial charge on any atom is 0.294 e. The van der Waals surface area contributed by atoms with Crippen molar-refractivity contribution in [3.63, 3.8) is 0 Å². The lowest BCUT2D eigenvalue weighted by Gasteiger charge is -2.33. The van der Waals surface area contributed by atoms with Gasteiger partial charge in [0.25, 0.3) is 16.0 Å². The van der Waals surface area contributed by atoms with E-state index < -0.39 is 50.3 Å². The van der Waals surface area contributed by atoms with Gasteiger partial charge in [0, 0.05) is 31.7 Å². The molecule has 7 N–H and O–H groups in total.